The Morgan fingerprint density at radius 1 is 0.750 bits per heavy atom. The number of rotatable bonds is 2. The summed E-state index contributed by atoms with van der Waals surface area (Å²) in [5.74, 6) is 0. The van der Waals surface area contributed by atoms with Gasteiger partial charge in [-0.3, -0.25) is 20.2 Å². The number of hydrogen-bond donors (Lipinski definition) is 0. The van der Waals surface area contributed by atoms with Gasteiger partial charge in [0, 0.05) is 23.8 Å². The summed E-state index contributed by atoms with van der Waals surface area (Å²) in [6.07, 6.45) is 6.13. The van der Waals surface area contributed by atoms with Crippen molar-refractivity contribution in [2.24, 2.45) is 0 Å². The molecule has 0 aliphatic heterocycles. The molecule has 0 atom stereocenters. The van der Waals surface area contributed by atoms with E-state index in [0.29, 0.717) is 5.69 Å². The van der Waals surface area contributed by atoms with Crippen LogP contribution in [0.3, 0.4) is 0 Å². The second-order valence-corrected chi connectivity index (χ2v) is 6.09. The largest absolute Gasteiger partial charge is 0.272 e. The highest BCUT2D eigenvalue weighted by Crippen LogP contribution is 2.29. The first-order valence-corrected chi connectivity index (χ1v) is 8.07. The van der Waals surface area contributed by atoms with Gasteiger partial charge in [0.1, 0.15) is 0 Å². The summed E-state index contributed by atoms with van der Waals surface area (Å²) in [6.45, 7) is 0. The molecule has 0 bridgehead atoms. The van der Waals surface area contributed by atoms with Crippen molar-refractivity contribution in [2.75, 3.05) is 0 Å². The lowest BCUT2D eigenvalue weighted by molar-refractivity contribution is -0.385. The van der Waals surface area contributed by atoms with Gasteiger partial charge < -0.3 is 0 Å². The van der Waals surface area contributed by atoms with Crippen LogP contribution in [0.4, 0.5) is 11.4 Å². The van der Waals surface area contributed by atoms with Crippen molar-refractivity contribution >= 4 is 11.4 Å². The minimum absolute atomic E-state index is 0.218. The van der Waals surface area contributed by atoms with Crippen LogP contribution in [-0.2, 0) is 25.7 Å². The smallest absolute Gasteiger partial charge is 0.258 e. The summed E-state index contributed by atoms with van der Waals surface area (Å²) in [5, 5.41) is 21.0. The molecule has 0 N–H and O–H groups in total. The fourth-order valence-corrected chi connectivity index (χ4v) is 3.44. The second-order valence-electron chi connectivity index (χ2n) is 6.09. The third kappa shape index (κ3) is 3.27. The predicted molar refractivity (Wildman–Crippen MR) is 90.2 cm³/mol. The van der Waals surface area contributed by atoms with Gasteiger partial charge in [-0.15, -0.1) is 0 Å². The van der Waals surface area contributed by atoms with Crippen LogP contribution in [0.1, 0.15) is 35.1 Å². The van der Waals surface area contributed by atoms with Crippen LogP contribution >= 0.6 is 0 Å². The Morgan fingerprint density at radius 3 is 2.21 bits per heavy atom. The molecule has 0 spiro atoms. The molecule has 6 heteroatoms. The van der Waals surface area contributed by atoms with Gasteiger partial charge >= 0.3 is 0 Å². The Bertz CT molecular complexity index is 802. The van der Waals surface area contributed by atoms with Crippen molar-refractivity contribution in [2.45, 2.75) is 38.5 Å². The highest BCUT2D eigenvalue weighted by atomic mass is 16.6. The van der Waals surface area contributed by atoms with Crippen molar-refractivity contribution in [1.29, 1.82) is 0 Å². The number of nitro groups is 2. The summed E-state index contributed by atoms with van der Waals surface area (Å²) in [6, 6.07) is 10.5. The molecule has 0 saturated heterocycles. The third-order valence-electron chi connectivity index (χ3n) is 4.61. The van der Waals surface area contributed by atoms with Gasteiger partial charge in [0.15, 0.2) is 0 Å². The molecule has 0 heterocycles. The van der Waals surface area contributed by atoms with Gasteiger partial charge in [-0.1, -0.05) is 18.2 Å². The van der Waals surface area contributed by atoms with Crippen LogP contribution in [0, 0.1) is 20.2 Å². The van der Waals surface area contributed by atoms with Gasteiger partial charge in [0.05, 0.1) is 9.85 Å². The minimum atomic E-state index is -0.335. The highest BCUT2D eigenvalue weighted by molar-refractivity contribution is 5.47. The fourth-order valence-electron chi connectivity index (χ4n) is 3.44. The first-order valence-electron chi connectivity index (χ1n) is 8.07. The Balaban J connectivity index is 0.000000141. The molecule has 4 rings (SSSR count). The molecule has 24 heavy (non-hydrogen) atoms. The van der Waals surface area contributed by atoms with E-state index in [2.05, 4.69) is 0 Å². The lowest BCUT2D eigenvalue weighted by Gasteiger charge is -1.98. The molecule has 6 nitrogen and oxygen atoms in total. The topological polar surface area (TPSA) is 86.3 Å². The molecule has 0 amide bonds. The predicted octanol–water partition coefficient (Wildman–Crippen LogP) is 4.17. The maximum atomic E-state index is 10.6. The van der Waals surface area contributed by atoms with E-state index >= 15 is 0 Å². The number of nitro benzene ring substituents is 2. The molecule has 2 aromatic carbocycles. The van der Waals surface area contributed by atoms with Gasteiger partial charge in [-0.25, -0.2) is 0 Å². The van der Waals surface area contributed by atoms with Crippen LogP contribution in [-0.4, -0.2) is 9.85 Å². The molecule has 0 aromatic heterocycles. The summed E-state index contributed by atoms with van der Waals surface area (Å²) >= 11 is 0. The minimum Gasteiger partial charge on any atom is -0.258 e. The van der Waals surface area contributed by atoms with E-state index in [4.69, 9.17) is 0 Å². The molecule has 2 aliphatic rings. The SMILES string of the molecule is O=[N+]([O-])c1ccc2c(c1)CCC2.O=[N+]([O-])c1cccc2c1CCC2. The number of fused-ring (bicyclic) bond motifs is 2. The third-order valence-corrected chi connectivity index (χ3v) is 4.61. The number of non-ortho nitro benzene ring substituents is 1. The zero-order chi connectivity index (χ0) is 17.1. The normalized spacial score (nSPS) is 14.3. The van der Waals surface area contributed by atoms with Crippen molar-refractivity contribution in [1.82, 2.24) is 0 Å². The molecular weight excluding hydrogens is 308 g/mol. The quantitative estimate of drug-likeness (QED) is 0.612. The Morgan fingerprint density at radius 2 is 1.46 bits per heavy atom. The monoisotopic (exact) mass is 326 g/mol. The molecule has 2 aliphatic carbocycles. The Kier molecular flexibility index (Phi) is 4.55. The second kappa shape index (κ2) is 6.78. The molecule has 0 fully saturated rings. The number of nitrogens with zero attached hydrogens (tertiary/aromatic N) is 2. The van der Waals surface area contributed by atoms with Gasteiger partial charge in [-0.05, 0) is 55.2 Å². The summed E-state index contributed by atoms with van der Waals surface area (Å²) < 4.78 is 0. The van der Waals surface area contributed by atoms with E-state index in [1.165, 1.54) is 5.56 Å². The van der Waals surface area contributed by atoms with E-state index in [-0.39, 0.29) is 15.5 Å². The molecule has 124 valence electrons. The van der Waals surface area contributed by atoms with Gasteiger partial charge in [0.25, 0.3) is 11.4 Å². The van der Waals surface area contributed by atoms with Gasteiger partial charge in [-0.2, -0.15) is 0 Å². The molecule has 0 saturated carbocycles. The lowest BCUT2D eigenvalue weighted by atomic mass is 10.1. The van der Waals surface area contributed by atoms with E-state index in [1.807, 2.05) is 12.1 Å². The average Bonchev–Trinajstić information content (AvgIpc) is 3.22. The van der Waals surface area contributed by atoms with Crippen LogP contribution in [0.2, 0.25) is 0 Å². The van der Waals surface area contributed by atoms with E-state index in [0.717, 1.165) is 55.2 Å². The maximum Gasteiger partial charge on any atom is 0.272 e. The van der Waals surface area contributed by atoms with Crippen molar-refractivity contribution in [3.63, 3.8) is 0 Å². The zero-order valence-corrected chi connectivity index (χ0v) is 13.2. The Labute approximate surface area is 139 Å². The maximum absolute atomic E-state index is 10.6. The van der Waals surface area contributed by atoms with Crippen LogP contribution in [0.5, 0.6) is 0 Å². The lowest BCUT2D eigenvalue weighted by Crippen LogP contribution is -1.93. The number of benzene rings is 2. The number of hydrogen-bond acceptors (Lipinski definition) is 4. The average molecular weight is 326 g/mol. The Hall–Kier alpha value is -2.76. The summed E-state index contributed by atoms with van der Waals surface area (Å²) in [5.41, 5.74) is 5.05. The first-order chi connectivity index (χ1) is 11.6. The fraction of sp³-hybridized carbons (Fsp3) is 0.333. The highest BCUT2D eigenvalue weighted by Gasteiger charge is 2.20. The summed E-state index contributed by atoms with van der Waals surface area (Å²) in [4.78, 5) is 20.4. The molecule has 0 radical (unpaired) electrons. The van der Waals surface area contributed by atoms with Crippen molar-refractivity contribution in [3.05, 3.63) is 78.9 Å². The van der Waals surface area contributed by atoms with Crippen LogP contribution in [0.15, 0.2) is 36.4 Å². The molecular formula is C18H18N2O4. The summed E-state index contributed by atoms with van der Waals surface area (Å²) in [7, 11) is 0. The zero-order valence-electron chi connectivity index (χ0n) is 13.2. The van der Waals surface area contributed by atoms with Crippen molar-refractivity contribution < 1.29 is 9.85 Å². The van der Waals surface area contributed by atoms with Crippen LogP contribution < -0.4 is 0 Å². The first kappa shape index (κ1) is 16.1. The van der Waals surface area contributed by atoms with Crippen molar-refractivity contribution in [3.8, 4) is 0 Å². The van der Waals surface area contributed by atoms with Gasteiger partial charge in [0.2, 0.25) is 0 Å². The van der Waals surface area contributed by atoms with E-state index < -0.39 is 0 Å². The van der Waals surface area contributed by atoms with E-state index in [1.54, 1.807) is 24.3 Å². The standard InChI is InChI=1S/2C9H9NO2/c11-10(12)9-6-2-4-7-3-1-5-8(7)9;11-10(12)9-5-4-7-2-1-3-8(7)6-9/h2,4,6H,1,3,5H2;4-6H,1-3H2. The molecule has 0 unspecified atom stereocenters. The molecule has 2 aromatic rings. The van der Waals surface area contributed by atoms with E-state index in [9.17, 15) is 20.2 Å². The van der Waals surface area contributed by atoms with Crippen LogP contribution in [0.25, 0.3) is 0 Å². The number of aryl methyl sites for hydroxylation is 3.